The van der Waals surface area contributed by atoms with Crippen molar-refractivity contribution < 1.29 is 19.6 Å². The Morgan fingerprint density at radius 1 is 0.865 bits per heavy atom. The highest BCUT2D eigenvalue weighted by atomic mass is 16.5. The van der Waals surface area contributed by atoms with E-state index in [0.717, 1.165) is 38.5 Å². The Balaban J connectivity index is 1.74. The molecule has 37 heavy (non-hydrogen) atoms. The highest BCUT2D eigenvalue weighted by Gasteiger charge is 2.31. The second-order valence-corrected chi connectivity index (χ2v) is 11.5. The van der Waals surface area contributed by atoms with Gasteiger partial charge in [0.25, 0.3) is 0 Å². The molecule has 0 aliphatic carbocycles. The monoisotopic (exact) mass is 491 g/mol. The van der Waals surface area contributed by atoms with Crippen LogP contribution in [-0.4, -0.2) is 22.2 Å². The van der Waals surface area contributed by atoms with E-state index >= 15 is 0 Å². The molecule has 0 radical (unpaired) electrons. The minimum Gasteiger partial charge on any atom is -0.478 e. The van der Waals surface area contributed by atoms with Crippen molar-refractivity contribution in [2.24, 2.45) is 0 Å². The van der Waals surface area contributed by atoms with Crippen LogP contribution in [0.2, 0.25) is 0 Å². The van der Waals surface area contributed by atoms with Crippen LogP contribution < -0.4 is 25.6 Å². The maximum Gasteiger partial charge on any atom is 0.336 e. The standard InChI is InChI=1S/C32H30N2O3/c1-17-15-31(3,4)33-25-13-27-23(11-21(17)25)29(19-9-7-8-10-20(19)30(35)36)24-12-22-18(2)16-32(5,6)34-26(22)14-28(24)37-27/h7-16,33H,1-6H3,(H,35,36)/p+1. The van der Waals surface area contributed by atoms with Crippen LogP contribution in [0.4, 0.5) is 5.69 Å². The SMILES string of the molecule is CC1=CC(C)(C)Nc2cc3c(cc21)C(c1ccccc1C(=O)O)=c1cc2c(cc1O3)=[NH+]C(C)(C)C=C2C. The van der Waals surface area contributed by atoms with Crippen molar-refractivity contribution in [2.45, 2.75) is 52.6 Å². The average molecular weight is 492 g/mol. The average Bonchev–Trinajstić information content (AvgIpc) is 2.79. The summed E-state index contributed by atoms with van der Waals surface area (Å²) in [5.41, 5.74) is 7.88. The summed E-state index contributed by atoms with van der Waals surface area (Å²) in [6, 6.07) is 15.6. The van der Waals surface area contributed by atoms with Gasteiger partial charge >= 0.3 is 5.97 Å². The zero-order chi connectivity index (χ0) is 26.3. The molecule has 0 saturated carbocycles. The summed E-state index contributed by atoms with van der Waals surface area (Å²) >= 11 is 0. The zero-order valence-electron chi connectivity index (χ0n) is 22.0. The van der Waals surface area contributed by atoms with E-state index in [-0.39, 0.29) is 16.6 Å². The van der Waals surface area contributed by atoms with Gasteiger partial charge in [-0.1, -0.05) is 24.3 Å². The number of carboxylic acids is 1. The molecule has 0 fully saturated rings. The number of hydrogen-bond donors (Lipinski definition) is 3. The molecule has 5 nitrogen and oxygen atoms in total. The summed E-state index contributed by atoms with van der Waals surface area (Å²) < 4.78 is 6.58. The number of anilines is 1. The summed E-state index contributed by atoms with van der Waals surface area (Å²) in [5, 5.41) is 15.6. The minimum absolute atomic E-state index is 0.182. The van der Waals surface area contributed by atoms with Gasteiger partial charge in [-0.05, 0) is 68.7 Å². The molecule has 0 saturated heterocycles. The molecule has 0 amide bonds. The maximum atomic E-state index is 12.3. The molecular formula is C32H31N2O3+. The highest BCUT2D eigenvalue weighted by molar-refractivity contribution is 5.99. The highest BCUT2D eigenvalue weighted by Crippen LogP contribution is 2.44. The first-order chi connectivity index (χ1) is 17.4. The zero-order valence-corrected chi connectivity index (χ0v) is 22.0. The Bertz CT molecular complexity index is 1720. The smallest absolute Gasteiger partial charge is 0.336 e. The first kappa shape index (κ1) is 23.3. The molecule has 3 heterocycles. The second-order valence-electron chi connectivity index (χ2n) is 11.5. The molecule has 3 aromatic carbocycles. The predicted molar refractivity (Wildman–Crippen MR) is 146 cm³/mol. The Morgan fingerprint density at radius 2 is 1.59 bits per heavy atom. The van der Waals surface area contributed by atoms with E-state index in [4.69, 9.17) is 4.74 Å². The van der Waals surface area contributed by atoms with Gasteiger partial charge in [0, 0.05) is 53.1 Å². The third kappa shape index (κ3) is 3.77. The van der Waals surface area contributed by atoms with E-state index in [1.165, 1.54) is 11.1 Å². The first-order valence-electron chi connectivity index (χ1n) is 12.6. The van der Waals surface area contributed by atoms with Crippen LogP contribution in [0.1, 0.15) is 74.2 Å². The Morgan fingerprint density at radius 3 is 2.35 bits per heavy atom. The fourth-order valence-corrected chi connectivity index (χ4v) is 6.02. The lowest BCUT2D eigenvalue weighted by Gasteiger charge is -2.33. The van der Waals surface area contributed by atoms with Crippen molar-refractivity contribution in [3.63, 3.8) is 0 Å². The molecule has 0 spiro atoms. The van der Waals surface area contributed by atoms with E-state index in [0.29, 0.717) is 17.1 Å². The molecule has 186 valence electrons. The van der Waals surface area contributed by atoms with E-state index in [1.807, 2.05) is 12.1 Å². The number of hydrogen-bond acceptors (Lipinski definition) is 3. The van der Waals surface area contributed by atoms with Gasteiger partial charge < -0.3 is 15.2 Å². The third-order valence-corrected chi connectivity index (χ3v) is 7.34. The van der Waals surface area contributed by atoms with Gasteiger partial charge in [0.05, 0.1) is 17.2 Å². The number of fused-ring (bicyclic) bond motifs is 4. The van der Waals surface area contributed by atoms with Gasteiger partial charge in [-0.3, -0.25) is 0 Å². The lowest BCUT2D eigenvalue weighted by Crippen LogP contribution is -2.89. The number of benzene rings is 3. The van der Waals surface area contributed by atoms with Gasteiger partial charge in [0.2, 0.25) is 5.36 Å². The summed E-state index contributed by atoms with van der Waals surface area (Å²) in [6.45, 7) is 12.8. The number of carboxylic acid groups (broad SMARTS) is 1. The molecule has 3 aliphatic rings. The van der Waals surface area contributed by atoms with E-state index in [2.05, 4.69) is 88.3 Å². The molecule has 0 aromatic heterocycles. The van der Waals surface area contributed by atoms with Crippen LogP contribution in [0.25, 0.3) is 16.7 Å². The van der Waals surface area contributed by atoms with Crippen LogP contribution in [0.15, 0.2) is 60.7 Å². The molecule has 3 aromatic rings. The minimum atomic E-state index is -0.951. The molecule has 3 N–H and O–H groups in total. The fraction of sp³-hybridized carbons (Fsp3) is 0.250. The third-order valence-electron chi connectivity index (χ3n) is 7.34. The summed E-state index contributed by atoms with van der Waals surface area (Å²) in [4.78, 5) is 15.9. The van der Waals surface area contributed by atoms with Crippen molar-refractivity contribution in [1.82, 2.24) is 0 Å². The van der Waals surface area contributed by atoms with Crippen molar-refractivity contribution in [1.29, 1.82) is 0 Å². The molecule has 3 aliphatic heterocycles. The topological polar surface area (TPSA) is 72.5 Å². The number of carbonyl (C=O) groups is 1. The van der Waals surface area contributed by atoms with E-state index < -0.39 is 5.97 Å². The van der Waals surface area contributed by atoms with Crippen LogP contribution in [0, 0.1) is 0 Å². The van der Waals surface area contributed by atoms with Crippen LogP contribution >= 0.6 is 0 Å². The molecule has 0 bridgehead atoms. The predicted octanol–water partition coefficient (Wildman–Crippen LogP) is 4.24. The number of rotatable bonds is 2. The molecular weight excluding hydrogens is 460 g/mol. The van der Waals surface area contributed by atoms with Crippen molar-refractivity contribution >= 4 is 28.4 Å². The van der Waals surface area contributed by atoms with Crippen LogP contribution in [0.5, 0.6) is 11.5 Å². The lowest BCUT2D eigenvalue weighted by molar-refractivity contribution is -0.568. The van der Waals surface area contributed by atoms with Gasteiger partial charge in [0.1, 0.15) is 11.5 Å². The van der Waals surface area contributed by atoms with Crippen molar-refractivity contribution in [3.05, 3.63) is 99.1 Å². The summed E-state index contributed by atoms with van der Waals surface area (Å²) in [5.74, 6) is 0.469. The number of ether oxygens (including phenoxy) is 1. The quantitative estimate of drug-likeness (QED) is 0.392. The Hall–Kier alpha value is -4.12. The van der Waals surface area contributed by atoms with Gasteiger partial charge in [-0.2, -0.15) is 0 Å². The fourth-order valence-electron chi connectivity index (χ4n) is 6.02. The van der Waals surface area contributed by atoms with Gasteiger partial charge in [-0.15, -0.1) is 0 Å². The van der Waals surface area contributed by atoms with E-state index in [9.17, 15) is 9.90 Å². The van der Waals surface area contributed by atoms with Crippen molar-refractivity contribution in [3.8, 4) is 11.5 Å². The number of nitrogens with one attached hydrogen (secondary N) is 2. The Kier molecular flexibility index (Phi) is 4.84. The van der Waals surface area contributed by atoms with Gasteiger partial charge in [0.15, 0.2) is 5.54 Å². The Labute approximate surface area is 216 Å². The number of allylic oxidation sites excluding steroid dienone is 2. The largest absolute Gasteiger partial charge is 0.478 e. The molecule has 5 heteroatoms. The summed E-state index contributed by atoms with van der Waals surface area (Å²) in [6.07, 6.45) is 4.45. The van der Waals surface area contributed by atoms with Crippen molar-refractivity contribution in [2.75, 3.05) is 5.32 Å². The van der Waals surface area contributed by atoms with E-state index in [1.54, 1.807) is 12.1 Å². The first-order valence-corrected chi connectivity index (χ1v) is 12.6. The normalized spacial score (nSPS) is 17.9. The number of aromatic carboxylic acids is 1. The van der Waals surface area contributed by atoms with Gasteiger partial charge in [-0.25, -0.2) is 9.79 Å². The molecule has 0 atom stereocenters. The molecule has 0 unspecified atom stereocenters. The summed E-state index contributed by atoms with van der Waals surface area (Å²) in [7, 11) is 0. The maximum absolute atomic E-state index is 12.3. The van der Waals surface area contributed by atoms with Crippen LogP contribution in [0.3, 0.4) is 0 Å². The lowest BCUT2D eigenvalue weighted by atomic mass is 9.84. The molecule has 6 rings (SSSR count). The second kappa shape index (κ2) is 7.69. The van der Waals surface area contributed by atoms with Crippen LogP contribution in [-0.2, 0) is 0 Å².